The summed E-state index contributed by atoms with van der Waals surface area (Å²) < 4.78 is 26.3. The molecule has 140 valence electrons. The summed E-state index contributed by atoms with van der Waals surface area (Å²) in [6.07, 6.45) is 3.89. The second-order valence-electron chi connectivity index (χ2n) is 6.21. The van der Waals surface area contributed by atoms with E-state index in [0.717, 1.165) is 25.9 Å². The second-order valence-corrected chi connectivity index (χ2v) is 8.76. The van der Waals surface area contributed by atoms with Gasteiger partial charge in [-0.05, 0) is 49.7 Å². The van der Waals surface area contributed by atoms with Gasteiger partial charge in [-0.25, -0.2) is 8.42 Å². The van der Waals surface area contributed by atoms with E-state index in [1.54, 1.807) is 16.9 Å². The van der Waals surface area contributed by atoms with Crippen LogP contribution < -0.4 is 10.6 Å². The highest BCUT2D eigenvalue weighted by Gasteiger charge is 2.19. The Labute approximate surface area is 157 Å². The van der Waals surface area contributed by atoms with Crippen molar-refractivity contribution in [1.82, 2.24) is 20.4 Å². The van der Waals surface area contributed by atoms with E-state index in [1.165, 1.54) is 24.3 Å². The molecule has 3 rings (SSSR count). The molecule has 0 bridgehead atoms. The minimum absolute atomic E-state index is 0.0155. The molecule has 26 heavy (non-hydrogen) atoms. The van der Waals surface area contributed by atoms with Crippen molar-refractivity contribution in [2.24, 2.45) is 0 Å². The third kappa shape index (κ3) is 4.63. The Kier molecular flexibility index (Phi) is 5.95. The second kappa shape index (κ2) is 8.20. The van der Waals surface area contributed by atoms with Crippen LogP contribution in [0.5, 0.6) is 0 Å². The summed E-state index contributed by atoms with van der Waals surface area (Å²) in [6, 6.07) is 7.87. The molecule has 1 fully saturated rings. The summed E-state index contributed by atoms with van der Waals surface area (Å²) in [5.41, 5.74) is 0.291. The van der Waals surface area contributed by atoms with E-state index in [0.29, 0.717) is 10.7 Å². The minimum atomic E-state index is -3.47. The van der Waals surface area contributed by atoms with Gasteiger partial charge >= 0.3 is 0 Å². The third-order valence-corrected chi connectivity index (χ3v) is 6.30. The molecule has 0 spiro atoms. The van der Waals surface area contributed by atoms with Crippen LogP contribution in [-0.4, -0.2) is 49.5 Å². The fraction of sp³-hybridized carbons (Fsp3) is 0.412. The molecular weight excluding hydrogens is 376 g/mol. The van der Waals surface area contributed by atoms with Gasteiger partial charge in [-0.15, -0.1) is 0 Å². The maximum Gasteiger partial charge on any atom is 0.271 e. The van der Waals surface area contributed by atoms with E-state index in [2.05, 4.69) is 15.7 Å². The summed E-state index contributed by atoms with van der Waals surface area (Å²) in [4.78, 5) is 12.4. The fourth-order valence-corrected chi connectivity index (χ4v) is 4.15. The Hall–Kier alpha value is -1.90. The summed E-state index contributed by atoms with van der Waals surface area (Å²) in [5.74, 6) is -0.563. The number of aromatic nitrogens is 2. The number of carbonyl (C=O) groups is 1. The van der Waals surface area contributed by atoms with Gasteiger partial charge in [0, 0.05) is 24.3 Å². The van der Waals surface area contributed by atoms with Crippen molar-refractivity contribution < 1.29 is 13.2 Å². The van der Waals surface area contributed by atoms with E-state index in [-0.39, 0.29) is 29.1 Å². The van der Waals surface area contributed by atoms with Gasteiger partial charge in [0.05, 0.1) is 16.7 Å². The first kappa shape index (κ1) is 18.9. The number of piperidine rings is 1. The lowest BCUT2D eigenvalue weighted by atomic mass is 10.1. The Balaban J connectivity index is 1.54. The van der Waals surface area contributed by atoms with Crippen molar-refractivity contribution in [3.05, 3.63) is 47.2 Å². The number of amides is 1. The SMILES string of the molecule is O=C(NCCS(=O)(=O)c1ccc(Cl)cc1)c1ccn(C2CCCNC2)n1. The number of sulfone groups is 1. The Morgan fingerprint density at radius 2 is 2.08 bits per heavy atom. The summed E-state index contributed by atoms with van der Waals surface area (Å²) in [7, 11) is -3.47. The summed E-state index contributed by atoms with van der Waals surface area (Å²) in [5, 5.41) is 10.7. The standard InChI is InChI=1S/C17H21ClN4O3S/c18-13-3-5-15(6-4-13)26(24,25)11-9-20-17(23)16-7-10-22(21-16)14-2-1-8-19-12-14/h3-7,10,14,19H,1-2,8-9,11-12H2,(H,20,23). The number of hydrogen-bond acceptors (Lipinski definition) is 5. The molecule has 2 aromatic rings. The topological polar surface area (TPSA) is 93.1 Å². The van der Waals surface area contributed by atoms with E-state index < -0.39 is 9.84 Å². The predicted octanol–water partition coefficient (Wildman–Crippen LogP) is 1.66. The number of halogens is 1. The fourth-order valence-electron chi connectivity index (χ4n) is 2.87. The normalized spacial score (nSPS) is 17.8. The molecule has 2 N–H and O–H groups in total. The quantitative estimate of drug-likeness (QED) is 0.774. The number of benzene rings is 1. The smallest absolute Gasteiger partial charge is 0.271 e. The van der Waals surface area contributed by atoms with E-state index in [1.807, 2.05) is 0 Å². The van der Waals surface area contributed by atoms with Gasteiger partial charge < -0.3 is 10.6 Å². The van der Waals surface area contributed by atoms with Crippen molar-refractivity contribution in [3.63, 3.8) is 0 Å². The van der Waals surface area contributed by atoms with Crippen LogP contribution in [0.2, 0.25) is 5.02 Å². The first-order valence-corrected chi connectivity index (χ1v) is 10.5. The molecule has 2 heterocycles. The monoisotopic (exact) mass is 396 g/mol. The number of nitrogens with zero attached hydrogens (tertiary/aromatic N) is 2. The molecular formula is C17H21ClN4O3S. The molecule has 1 atom stereocenters. The molecule has 0 radical (unpaired) electrons. The van der Waals surface area contributed by atoms with Gasteiger partial charge in [-0.2, -0.15) is 5.10 Å². The molecule has 0 aliphatic carbocycles. The van der Waals surface area contributed by atoms with Gasteiger partial charge in [-0.1, -0.05) is 11.6 Å². The van der Waals surface area contributed by atoms with Crippen LogP contribution >= 0.6 is 11.6 Å². The molecule has 1 unspecified atom stereocenters. The molecule has 0 saturated carbocycles. The summed E-state index contributed by atoms with van der Waals surface area (Å²) >= 11 is 5.77. The van der Waals surface area contributed by atoms with Crippen LogP contribution in [0.3, 0.4) is 0 Å². The van der Waals surface area contributed by atoms with Crippen LogP contribution in [0.25, 0.3) is 0 Å². The lowest BCUT2D eigenvalue weighted by Crippen LogP contribution is -2.32. The molecule has 1 amide bonds. The first-order chi connectivity index (χ1) is 12.5. The zero-order valence-electron chi connectivity index (χ0n) is 14.2. The lowest BCUT2D eigenvalue weighted by molar-refractivity contribution is 0.0949. The predicted molar refractivity (Wildman–Crippen MR) is 99.2 cm³/mol. The largest absolute Gasteiger partial charge is 0.350 e. The zero-order valence-corrected chi connectivity index (χ0v) is 15.8. The van der Waals surface area contributed by atoms with E-state index in [4.69, 9.17) is 11.6 Å². The van der Waals surface area contributed by atoms with Gasteiger partial charge in [0.25, 0.3) is 5.91 Å². The zero-order chi connectivity index (χ0) is 18.6. The number of rotatable bonds is 6. The molecule has 1 saturated heterocycles. The van der Waals surface area contributed by atoms with Crippen LogP contribution in [0, 0.1) is 0 Å². The van der Waals surface area contributed by atoms with Crippen molar-refractivity contribution in [2.45, 2.75) is 23.8 Å². The van der Waals surface area contributed by atoms with Crippen LogP contribution in [0.15, 0.2) is 41.4 Å². The Morgan fingerprint density at radius 3 is 2.77 bits per heavy atom. The van der Waals surface area contributed by atoms with Crippen LogP contribution in [0.1, 0.15) is 29.4 Å². The van der Waals surface area contributed by atoms with Crippen molar-refractivity contribution in [2.75, 3.05) is 25.4 Å². The van der Waals surface area contributed by atoms with Gasteiger partial charge in [0.2, 0.25) is 0 Å². The van der Waals surface area contributed by atoms with Gasteiger partial charge in [0.15, 0.2) is 9.84 Å². The number of hydrogen-bond donors (Lipinski definition) is 2. The molecule has 1 aromatic carbocycles. The van der Waals surface area contributed by atoms with Crippen LogP contribution in [-0.2, 0) is 9.84 Å². The maximum atomic E-state index is 12.3. The van der Waals surface area contributed by atoms with Crippen LogP contribution in [0.4, 0.5) is 0 Å². The van der Waals surface area contributed by atoms with E-state index >= 15 is 0 Å². The Bertz CT molecular complexity index is 858. The average Bonchev–Trinajstić information content (AvgIpc) is 3.13. The van der Waals surface area contributed by atoms with E-state index in [9.17, 15) is 13.2 Å². The van der Waals surface area contributed by atoms with Crippen molar-refractivity contribution in [3.8, 4) is 0 Å². The number of nitrogens with one attached hydrogen (secondary N) is 2. The van der Waals surface area contributed by atoms with Gasteiger partial charge in [-0.3, -0.25) is 9.48 Å². The Morgan fingerprint density at radius 1 is 1.31 bits per heavy atom. The molecule has 9 heteroatoms. The molecule has 1 aromatic heterocycles. The molecule has 7 nitrogen and oxygen atoms in total. The van der Waals surface area contributed by atoms with Crippen molar-refractivity contribution >= 4 is 27.3 Å². The number of carbonyl (C=O) groups excluding carboxylic acids is 1. The summed E-state index contributed by atoms with van der Waals surface area (Å²) in [6.45, 7) is 1.86. The lowest BCUT2D eigenvalue weighted by Gasteiger charge is -2.22. The molecule has 1 aliphatic rings. The van der Waals surface area contributed by atoms with Gasteiger partial charge in [0.1, 0.15) is 5.69 Å². The van der Waals surface area contributed by atoms with Crippen molar-refractivity contribution in [1.29, 1.82) is 0 Å². The highest BCUT2D eigenvalue weighted by Crippen LogP contribution is 2.16. The average molecular weight is 397 g/mol. The highest BCUT2D eigenvalue weighted by atomic mass is 35.5. The first-order valence-electron chi connectivity index (χ1n) is 8.48. The molecule has 1 aliphatic heterocycles. The third-order valence-electron chi connectivity index (χ3n) is 4.32. The highest BCUT2D eigenvalue weighted by molar-refractivity contribution is 7.91. The maximum absolute atomic E-state index is 12.3. The minimum Gasteiger partial charge on any atom is -0.350 e.